The maximum Gasteiger partial charge on any atom is 0.224 e. The number of amides is 1. The zero-order chi connectivity index (χ0) is 21.7. The maximum absolute atomic E-state index is 11.8. The molecule has 7 nitrogen and oxygen atoms in total. The van der Waals surface area contributed by atoms with Crippen molar-refractivity contribution >= 4 is 17.1 Å². The summed E-state index contributed by atoms with van der Waals surface area (Å²) in [5, 5.41) is 4.51. The molecule has 0 radical (unpaired) electrons. The third-order valence-corrected chi connectivity index (χ3v) is 6.29. The van der Waals surface area contributed by atoms with Gasteiger partial charge in [0.1, 0.15) is 5.82 Å². The molecule has 31 heavy (non-hydrogen) atoms. The molecule has 1 aliphatic carbocycles. The minimum atomic E-state index is -0.240. The van der Waals surface area contributed by atoms with Gasteiger partial charge in [0.15, 0.2) is 5.65 Å². The molecule has 1 aliphatic rings. The summed E-state index contributed by atoms with van der Waals surface area (Å²) in [5.74, 6) is 0.344. The number of H-pyrrole nitrogens is 1. The molecule has 1 amide bonds. The maximum atomic E-state index is 11.8. The molecular formula is C24H26N6O. The first kappa shape index (κ1) is 19.5. The first-order chi connectivity index (χ1) is 14.9. The molecule has 5 rings (SSSR count). The van der Waals surface area contributed by atoms with Crippen LogP contribution in [-0.4, -0.2) is 30.6 Å². The second-order valence-electron chi connectivity index (χ2n) is 8.59. The van der Waals surface area contributed by atoms with Gasteiger partial charge in [-0.2, -0.15) is 5.10 Å². The van der Waals surface area contributed by atoms with Gasteiger partial charge in [0.05, 0.1) is 23.2 Å². The molecule has 3 aromatic heterocycles. The van der Waals surface area contributed by atoms with Gasteiger partial charge in [0.25, 0.3) is 0 Å². The van der Waals surface area contributed by atoms with Gasteiger partial charge in [0, 0.05) is 23.5 Å². The van der Waals surface area contributed by atoms with Crippen LogP contribution in [0.25, 0.3) is 33.7 Å². The minimum absolute atomic E-state index is 0.186. The quantitative estimate of drug-likeness (QED) is 0.520. The van der Waals surface area contributed by atoms with Crippen molar-refractivity contribution in [1.29, 1.82) is 0 Å². The number of pyridine rings is 1. The molecule has 3 heterocycles. The van der Waals surface area contributed by atoms with Gasteiger partial charge in [-0.3, -0.25) is 9.48 Å². The van der Waals surface area contributed by atoms with Crippen LogP contribution in [0.15, 0.2) is 36.7 Å². The Bertz CT molecular complexity index is 1300. The average Bonchev–Trinajstić information content (AvgIpc) is 3.35. The van der Waals surface area contributed by atoms with E-state index in [-0.39, 0.29) is 17.9 Å². The fraction of sp³-hybridized carbons (Fsp3) is 0.333. The lowest BCUT2D eigenvalue weighted by molar-refractivity contribution is -0.119. The van der Waals surface area contributed by atoms with E-state index in [2.05, 4.69) is 54.0 Å². The van der Waals surface area contributed by atoms with Gasteiger partial charge in [-0.25, -0.2) is 9.97 Å². The first-order valence-electron chi connectivity index (χ1n) is 10.8. The van der Waals surface area contributed by atoms with Gasteiger partial charge in [-0.1, -0.05) is 18.2 Å². The molecule has 1 atom stereocenters. The van der Waals surface area contributed by atoms with Crippen LogP contribution in [0.4, 0.5) is 0 Å². The number of imidazole rings is 1. The highest BCUT2D eigenvalue weighted by Crippen LogP contribution is 2.36. The predicted octanol–water partition coefficient (Wildman–Crippen LogP) is 4.28. The molecule has 7 heteroatoms. The van der Waals surface area contributed by atoms with Gasteiger partial charge < -0.3 is 10.7 Å². The van der Waals surface area contributed by atoms with Crippen molar-refractivity contribution in [1.82, 2.24) is 24.7 Å². The van der Waals surface area contributed by atoms with E-state index >= 15 is 0 Å². The normalized spacial score (nSPS) is 16.1. The number of benzene rings is 1. The first-order valence-corrected chi connectivity index (χ1v) is 10.8. The van der Waals surface area contributed by atoms with E-state index in [1.54, 1.807) is 6.20 Å². The van der Waals surface area contributed by atoms with E-state index in [0.29, 0.717) is 5.65 Å². The predicted molar refractivity (Wildman–Crippen MR) is 121 cm³/mol. The summed E-state index contributed by atoms with van der Waals surface area (Å²) in [6, 6.07) is 8.59. The fourth-order valence-electron chi connectivity index (χ4n) is 4.73. The third-order valence-electron chi connectivity index (χ3n) is 6.29. The molecule has 1 aromatic carbocycles. The molecule has 3 N–H and O–H groups in total. The summed E-state index contributed by atoms with van der Waals surface area (Å²) in [5.41, 5.74) is 13.6. The zero-order valence-corrected chi connectivity index (χ0v) is 18.0. The van der Waals surface area contributed by atoms with Crippen molar-refractivity contribution in [2.75, 3.05) is 0 Å². The van der Waals surface area contributed by atoms with Crippen LogP contribution in [-0.2, 0) is 11.2 Å². The van der Waals surface area contributed by atoms with Crippen LogP contribution in [0.5, 0.6) is 0 Å². The Hall–Kier alpha value is -3.48. The largest absolute Gasteiger partial charge is 0.369 e. The van der Waals surface area contributed by atoms with E-state index < -0.39 is 0 Å². The topological polar surface area (TPSA) is 102 Å². The number of aromatic nitrogens is 5. The Labute approximate surface area is 180 Å². The lowest BCUT2D eigenvalue weighted by Crippen LogP contribution is -2.25. The monoisotopic (exact) mass is 414 g/mol. The van der Waals surface area contributed by atoms with Crippen LogP contribution in [0.1, 0.15) is 55.5 Å². The fourth-order valence-corrected chi connectivity index (χ4v) is 4.73. The summed E-state index contributed by atoms with van der Waals surface area (Å²) < 4.78 is 2.00. The standard InChI is InChI=1S/C24H26N6O/c1-13(2)30-14(3)20(12-27-30)23-28-21-18(9-10-26-24(21)29-23)16-7-8-17-15(11-16)5-4-6-19(17)22(25)31/h7-13,19H,4-6H2,1-3H3,(H2,25,31)(H,26,28,29)/t19-/m0/s1. The smallest absolute Gasteiger partial charge is 0.224 e. The highest BCUT2D eigenvalue weighted by Gasteiger charge is 2.25. The molecule has 158 valence electrons. The van der Waals surface area contributed by atoms with Crippen molar-refractivity contribution in [3.8, 4) is 22.5 Å². The van der Waals surface area contributed by atoms with Crippen molar-refractivity contribution in [2.24, 2.45) is 5.73 Å². The number of nitrogens with two attached hydrogens (primary N) is 1. The molecule has 0 aliphatic heterocycles. The van der Waals surface area contributed by atoms with Crippen LogP contribution >= 0.6 is 0 Å². The lowest BCUT2D eigenvalue weighted by atomic mass is 9.81. The summed E-state index contributed by atoms with van der Waals surface area (Å²) in [4.78, 5) is 24.5. The van der Waals surface area contributed by atoms with E-state index in [4.69, 9.17) is 10.7 Å². The molecule has 0 spiro atoms. The van der Waals surface area contributed by atoms with E-state index in [0.717, 1.165) is 58.6 Å². The number of aryl methyl sites for hydroxylation is 1. The van der Waals surface area contributed by atoms with Gasteiger partial charge in [-0.05, 0) is 62.8 Å². The number of aromatic amines is 1. The Morgan fingerprint density at radius 2 is 2.10 bits per heavy atom. The van der Waals surface area contributed by atoms with Crippen LogP contribution in [0.2, 0.25) is 0 Å². The molecule has 0 saturated carbocycles. The summed E-state index contributed by atoms with van der Waals surface area (Å²) >= 11 is 0. The molecule has 4 aromatic rings. The zero-order valence-electron chi connectivity index (χ0n) is 18.0. The molecule has 0 unspecified atom stereocenters. The number of hydrogen-bond acceptors (Lipinski definition) is 4. The van der Waals surface area contributed by atoms with E-state index in [1.807, 2.05) is 16.9 Å². The summed E-state index contributed by atoms with van der Waals surface area (Å²) in [6.07, 6.45) is 6.41. The summed E-state index contributed by atoms with van der Waals surface area (Å²) in [7, 11) is 0. The molecule has 0 fully saturated rings. The van der Waals surface area contributed by atoms with Crippen molar-refractivity contribution in [2.45, 2.75) is 52.0 Å². The molecule has 0 saturated heterocycles. The van der Waals surface area contributed by atoms with Crippen molar-refractivity contribution < 1.29 is 4.79 Å². The molecular weight excluding hydrogens is 388 g/mol. The number of fused-ring (bicyclic) bond motifs is 2. The Morgan fingerprint density at radius 1 is 1.26 bits per heavy atom. The number of carbonyl (C=O) groups is 1. The highest BCUT2D eigenvalue weighted by molar-refractivity contribution is 5.92. The van der Waals surface area contributed by atoms with Gasteiger partial charge in [-0.15, -0.1) is 0 Å². The SMILES string of the molecule is Cc1c(-c2nc3nccc(-c4ccc5c(c4)CCC[C@@H]5C(N)=O)c3[nH]2)cnn1C(C)C. The molecule has 0 bridgehead atoms. The second kappa shape index (κ2) is 7.34. The van der Waals surface area contributed by atoms with Crippen LogP contribution < -0.4 is 5.73 Å². The Morgan fingerprint density at radius 3 is 2.84 bits per heavy atom. The highest BCUT2D eigenvalue weighted by atomic mass is 16.1. The number of nitrogens with zero attached hydrogens (tertiary/aromatic N) is 4. The summed E-state index contributed by atoms with van der Waals surface area (Å²) in [6.45, 7) is 6.28. The van der Waals surface area contributed by atoms with Gasteiger partial charge in [0.2, 0.25) is 5.91 Å². The average molecular weight is 415 g/mol. The van der Waals surface area contributed by atoms with Crippen molar-refractivity contribution in [3.05, 3.63) is 53.5 Å². The Balaban J connectivity index is 1.60. The van der Waals surface area contributed by atoms with E-state index in [9.17, 15) is 4.79 Å². The van der Waals surface area contributed by atoms with Gasteiger partial charge >= 0.3 is 0 Å². The second-order valence-corrected chi connectivity index (χ2v) is 8.59. The number of primary amides is 1. The Kier molecular flexibility index (Phi) is 4.61. The van der Waals surface area contributed by atoms with Crippen molar-refractivity contribution in [3.63, 3.8) is 0 Å². The number of rotatable bonds is 4. The van der Waals surface area contributed by atoms with Crippen LogP contribution in [0, 0.1) is 6.92 Å². The number of hydrogen-bond donors (Lipinski definition) is 2. The number of nitrogens with one attached hydrogen (secondary N) is 1. The van der Waals surface area contributed by atoms with Crippen LogP contribution in [0.3, 0.4) is 0 Å². The minimum Gasteiger partial charge on any atom is -0.369 e. The third kappa shape index (κ3) is 3.21. The number of carbonyl (C=O) groups excluding carboxylic acids is 1. The van der Waals surface area contributed by atoms with E-state index in [1.165, 1.54) is 5.56 Å². The lowest BCUT2D eigenvalue weighted by Gasteiger charge is -2.23.